The lowest BCUT2D eigenvalue weighted by Crippen LogP contribution is -2.09. The van der Waals surface area contributed by atoms with Crippen molar-refractivity contribution in [2.75, 3.05) is 13.1 Å². The highest BCUT2D eigenvalue weighted by Crippen LogP contribution is 2.08. The summed E-state index contributed by atoms with van der Waals surface area (Å²) >= 11 is 0. The number of aliphatic hydroxyl groups excluding tert-OH is 1. The Kier molecular flexibility index (Phi) is 71.3. The van der Waals surface area contributed by atoms with Gasteiger partial charge in [0.1, 0.15) is 6.79 Å². The molecular formula is C75H43NO2. The molecule has 2 N–H and O–H groups in total. The molecule has 78 heavy (non-hydrogen) atoms. The van der Waals surface area contributed by atoms with Crippen LogP contribution in [0.2, 0.25) is 0 Å². The van der Waals surface area contributed by atoms with Gasteiger partial charge < -0.3 is 15.2 Å². The SMILES string of the molecule is C=O.CC#CC#CC#CC#CC#CC#CC#CC#CC#CC#CC#CC#CC#CC#CC#CC#CC#CC#CC#CC#CC#CC#CC#CC#CC#CC#CC#CC#CC#CC.CC(C)CC(C)C.CC(C)O.CCNCC. The molecular weight excluding hydrogens is 947 g/mol. The van der Waals surface area contributed by atoms with Crippen LogP contribution in [0.5, 0.6) is 0 Å². The summed E-state index contributed by atoms with van der Waals surface area (Å²) in [5.74, 6) is 147. The van der Waals surface area contributed by atoms with Gasteiger partial charge in [-0.3, -0.25) is 0 Å². The fraction of sp³-hybridized carbons (Fsp3) is 0.213. The van der Waals surface area contributed by atoms with E-state index >= 15 is 0 Å². The standard InChI is InChI=1S/C60H6.C7H16.C4H11N.C3H8O.CH2O/c1-3-5-7-9-11-13-15-17-19-21-23-25-27-29-31-33-35-37-39-41-43-45-47-49-51-53-55-57-59-60-58-56-54-52-50-48-46-44-42-40-38-36-34-32-30-28-26-24-22-20-18-16-14-12-10-8-6-4-2;1-6(2)5-7(3)4;1-3-5-4-2;1-3(2)4;1-2/h1-2H3;6-7H,5H2,1-4H3;5H,3-4H2,1-2H3;3-4H,1-2H3;1H2. The molecule has 0 aromatic rings. The molecule has 3 heteroatoms. The van der Waals surface area contributed by atoms with Gasteiger partial charge in [-0.05, 0) is 154 Å². The molecule has 0 bridgehead atoms. The molecule has 0 saturated heterocycles. The summed E-state index contributed by atoms with van der Waals surface area (Å²) in [5, 5.41) is 11.2. The van der Waals surface area contributed by atoms with Crippen LogP contribution in [0.4, 0.5) is 0 Å². The molecule has 0 spiro atoms. The Bertz CT molecular complexity index is 3790. The number of nitrogens with one attached hydrogen (secondary N) is 1. The number of hydrogen-bond acceptors (Lipinski definition) is 3. The van der Waals surface area contributed by atoms with Gasteiger partial charge in [-0.2, -0.15) is 0 Å². The van der Waals surface area contributed by atoms with E-state index in [1.165, 1.54) is 6.42 Å². The van der Waals surface area contributed by atoms with Crippen LogP contribution < -0.4 is 5.32 Å². The Morgan fingerprint density at radius 3 is 0.385 bits per heavy atom. The second-order valence-corrected chi connectivity index (χ2v) is 12.6. The van der Waals surface area contributed by atoms with Gasteiger partial charge in [-0.1, -0.05) is 53.4 Å². The normalized spacial score (nSPS) is 5.10. The molecule has 0 unspecified atom stereocenters. The van der Waals surface area contributed by atoms with Crippen molar-refractivity contribution in [2.24, 2.45) is 11.8 Å². The number of rotatable bonds is 4. The molecule has 0 saturated carbocycles. The van der Waals surface area contributed by atoms with Gasteiger partial charge in [0.05, 0.1) is 0 Å². The second-order valence-electron chi connectivity index (χ2n) is 12.6. The molecule has 0 heterocycles. The average Bonchev–Trinajstić information content (AvgIpc) is 3.41. The molecule has 0 aliphatic heterocycles. The first-order valence-electron chi connectivity index (χ1n) is 22.2. The summed E-state index contributed by atoms with van der Waals surface area (Å²) in [4.78, 5) is 8.00. The average molecular weight is 990 g/mol. The molecule has 0 fully saturated rings. The van der Waals surface area contributed by atoms with E-state index in [4.69, 9.17) is 9.90 Å². The van der Waals surface area contributed by atoms with Gasteiger partial charge in [0.15, 0.2) is 0 Å². The molecule has 0 rings (SSSR count). The van der Waals surface area contributed by atoms with Gasteiger partial charge >= 0.3 is 0 Å². The van der Waals surface area contributed by atoms with E-state index in [0.717, 1.165) is 24.9 Å². The summed E-state index contributed by atoms with van der Waals surface area (Å²) in [6, 6.07) is 0. The summed E-state index contributed by atoms with van der Waals surface area (Å²) in [7, 11) is 0. The monoisotopic (exact) mass is 989 g/mol. The minimum absolute atomic E-state index is 0.167. The quantitative estimate of drug-likeness (QED) is 0.405. The lowest BCUT2D eigenvalue weighted by atomic mass is 10.0. The first-order valence-corrected chi connectivity index (χ1v) is 22.2. The number of hydrogen-bond donors (Lipinski definition) is 2. The number of carbonyl (C=O) groups is 1. The molecule has 360 valence electrons. The predicted octanol–water partition coefficient (Wildman–Crippen LogP) is 4.63. The smallest absolute Gasteiger partial charge is 0.106 e. The van der Waals surface area contributed by atoms with Crippen molar-refractivity contribution >= 4 is 6.79 Å². The van der Waals surface area contributed by atoms with Crippen LogP contribution in [0.25, 0.3) is 0 Å². The first kappa shape index (κ1) is 73.8. The van der Waals surface area contributed by atoms with Crippen molar-refractivity contribution < 1.29 is 9.90 Å². The summed E-state index contributed by atoms with van der Waals surface area (Å²) < 4.78 is 0. The first-order chi connectivity index (χ1) is 38.2. The maximum Gasteiger partial charge on any atom is 0.106 e. The van der Waals surface area contributed by atoms with E-state index in [1.807, 2.05) is 6.79 Å². The van der Waals surface area contributed by atoms with E-state index in [2.05, 4.69) is 390 Å². The van der Waals surface area contributed by atoms with Gasteiger partial charge in [-0.15, -0.1) is 0 Å². The van der Waals surface area contributed by atoms with E-state index in [0.29, 0.717) is 0 Å². The van der Waals surface area contributed by atoms with E-state index in [-0.39, 0.29) is 6.10 Å². The highest BCUT2D eigenvalue weighted by molar-refractivity contribution is 5.52. The largest absolute Gasteiger partial charge is 0.394 e. The minimum atomic E-state index is -0.167. The third-order valence-electron chi connectivity index (χ3n) is 5.13. The zero-order valence-corrected chi connectivity index (χ0v) is 44.9. The lowest BCUT2D eigenvalue weighted by molar-refractivity contribution is -0.0980. The van der Waals surface area contributed by atoms with Gasteiger partial charge in [0.25, 0.3) is 0 Å². The summed E-state index contributed by atoms with van der Waals surface area (Å²) in [6.07, 6.45) is 1.19. The highest BCUT2D eigenvalue weighted by Gasteiger charge is 1.95. The molecule has 0 amide bonds. The van der Waals surface area contributed by atoms with Crippen molar-refractivity contribution in [1.29, 1.82) is 0 Å². The summed E-state index contributed by atoms with van der Waals surface area (Å²) in [6.45, 7) is 24.3. The maximum absolute atomic E-state index is 8.06. The Morgan fingerprint density at radius 1 is 0.256 bits per heavy atom. The highest BCUT2D eigenvalue weighted by atomic mass is 16.3. The second kappa shape index (κ2) is 75.3. The molecule has 0 radical (unpaired) electrons. The van der Waals surface area contributed by atoms with Crippen LogP contribution in [0, 0.1) is 355 Å². The third-order valence-corrected chi connectivity index (χ3v) is 5.13. The van der Waals surface area contributed by atoms with E-state index in [9.17, 15) is 0 Å². The summed E-state index contributed by atoms with van der Waals surface area (Å²) in [5.41, 5.74) is 0. The van der Waals surface area contributed by atoms with Crippen LogP contribution in [0.3, 0.4) is 0 Å². The van der Waals surface area contributed by atoms with E-state index < -0.39 is 0 Å². The molecule has 0 atom stereocenters. The van der Waals surface area contributed by atoms with Crippen molar-refractivity contribution in [3.8, 4) is 343 Å². The molecule has 0 aromatic heterocycles. The topological polar surface area (TPSA) is 49.3 Å². The molecule has 3 nitrogen and oxygen atoms in total. The van der Waals surface area contributed by atoms with Crippen molar-refractivity contribution in [3.63, 3.8) is 0 Å². The molecule has 0 aliphatic rings. The van der Waals surface area contributed by atoms with Gasteiger partial charge in [-0.25, -0.2) is 0 Å². The maximum atomic E-state index is 8.06. The van der Waals surface area contributed by atoms with Crippen LogP contribution in [0.1, 0.15) is 75.7 Å². The van der Waals surface area contributed by atoms with Gasteiger partial charge in [0, 0.05) is 243 Å². The van der Waals surface area contributed by atoms with Crippen LogP contribution in [0.15, 0.2) is 0 Å². The molecule has 0 aliphatic carbocycles. The number of carbonyl (C=O) groups excluding carboxylic acids is 1. The minimum Gasteiger partial charge on any atom is -0.394 e. The lowest BCUT2D eigenvalue weighted by Gasteiger charge is -2.05. The fourth-order valence-electron chi connectivity index (χ4n) is 3.01. The van der Waals surface area contributed by atoms with Crippen molar-refractivity contribution in [1.82, 2.24) is 5.32 Å². The van der Waals surface area contributed by atoms with Gasteiger partial charge in [0.2, 0.25) is 0 Å². The van der Waals surface area contributed by atoms with Crippen LogP contribution >= 0.6 is 0 Å². The number of aliphatic hydroxyl groups is 1. The Balaban J connectivity index is -0.000000845. The van der Waals surface area contributed by atoms with Crippen LogP contribution in [-0.4, -0.2) is 31.1 Å². The Morgan fingerprint density at radius 2 is 0.346 bits per heavy atom. The zero-order valence-electron chi connectivity index (χ0n) is 44.9. The van der Waals surface area contributed by atoms with Crippen molar-refractivity contribution in [3.05, 3.63) is 0 Å². The van der Waals surface area contributed by atoms with Crippen LogP contribution in [-0.2, 0) is 4.79 Å². The van der Waals surface area contributed by atoms with E-state index in [1.54, 1.807) is 27.7 Å². The zero-order chi connectivity index (χ0) is 58.6. The third kappa shape index (κ3) is 96.7. The molecule has 0 aromatic carbocycles. The predicted molar refractivity (Wildman–Crippen MR) is 320 cm³/mol. The fourth-order valence-corrected chi connectivity index (χ4v) is 3.01. The van der Waals surface area contributed by atoms with Crippen molar-refractivity contribution in [2.45, 2.75) is 81.8 Å². The Hall–Kier alpha value is -13.2. The Labute approximate surface area is 469 Å².